The van der Waals surface area contributed by atoms with Crippen molar-refractivity contribution in [1.29, 1.82) is 0 Å². The third-order valence-corrected chi connectivity index (χ3v) is 5.62. The summed E-state index contributed by atoms with van der Waals surface area (Å²) in [6, 6.07) is 7.66. The van der Waals surface area contributed by atoms with E-state index in [1.54, 1.807) is 11.8 Å². The number of rotatable bonds is 4. The van der Waals surface area contributed by atoms with Gasteiger partial charge in [-0.1, -0.05) is 11.6 Å². The Morgan fingerprint density at radius 2 is 1.96 bits per heavy atom. The predicted octanol–water partition coefficient (Wildman–Crippen LogP) is 3.57. The van der Waals surface area contributed by atoms with Crippen LogP contribution in [0.25, 0.3) is 0 Å². The normalized spacial score (nSPS) is 23.9. The molecule has 3 rings (SSSR count). The zero-order chi connectivity index (χ0) is 16.2. The minimum Gasteiger partial charge on any atom is -0.348 e. The van der Waals surface area contributed by atoms with Gasteiger partial charge in [-0.2, -0.15) is 0 Å². The Morgan fingerprint density at radius 1 is 1.26 bits per heavy atom. The van der Waals surface area contributed by atoms with Gasteiger partial charge in [-0.15, -0.1) is 11.8 Å². The van der Waals surface area contributed by atoms with Gasteiger partial charge < -0.3 is 14.4 Å². The Morgan fingerprint density at radius 3 is 2.65 bits per heavy atom. The fourth-order valence-electron chi connectivity index (χ4n) is 3.11. The molecule has 0 radical (unpaired) electrons. The first-order valence-electron chi connectivity index (χ1n) is 8.11. The lowest BCUT2D eigenvalue weighted by Gasteiger charge is -2.39. The average molecular weight is 356 g/mol. The number of ether oxygens (including phenoxy) is 2. The highest BCUT2D eigenvalue weighted by Gasteiger charge is 2.37. The van der Waals surface area contributed by atoms with Crippen LogP contribution in [0.3, 0.4) is 0 Å². The lowest BCUT2D eigenvalue weighted by atomic mass is 10.0. The summed E-state index contributed by atoms with van der Waals surface area (Å²) in [4.78, 5) is 15.9. The molecule has 126 valence electrons. The van der Waals surface area contributed by atoms with E-state index in [-0.39, 0.29) is 23.5 Å². The minimum absolute atomic E-state index is 0.0482. The molecule has 2 saturated heterocycles. The molecule has 0 saturated carbocycles. The van der Waals surface area contributed by atoms with Crippen LogP contribution in [0.2, 0.25) is 5.02 Å². The molecule has 2 unspecified atom stereocenters. The highest BCUT2D eigenvalue weighted by atomic mass is 35.5. The number of hydrogen-bond acceptors (Lipinski definition) is 4. The maximum Gasteiger partial charge on any atom is 0.236 e. The van der Waals surface area contributed by atoms with Crippen LogP contribution in [0.1, 0.15) is 26.2 Å². The fourth-order valence-corrected chi connectivity index (χ4v) is 4.18. The predicted molar refractivity (Wildman–Crippen MR) is 91.8 cm³/mol. The van der Waals surface area contributed by atoms with E-state index in [9.17, 15) is 4.79 Å². The molecule has 1 aromatic rings. The van der Waals surface area contributed by atoms with Crippen molar-refractivity contribution < 1.29 is 14.3 Å². The Kier molecular flexibility index (Phi) is 5.85. The first kappa shape index (κ1) is 17.1. The number of carbonyl (C=O) groups excluding carboxylic acids is 1. The first-order chi connectivity index (χ1) is 11.1. The van der Waals surface area contributed by atoms with Crippen molar-refractivity contribution in [2.45, 2.75) is 48.7 Å². The number of piperidine rings is 1. The van der Waals surface area contributed by atoms with Gasteiger partial charge in [0, 0.05) is 16.5 Å². The van der Waals surface area contributed by atoms with Gasteiger partial charge in [0.05, 0.1) is 24.5 Å². The van der Waals surface area contributed by atoms with Gasteiger partial charge in [0.1, 0.15) is 0 Å². The highest BCUT2D eigenvalue weighted by molar-refractivity contribution is 8.00. The largest absolute Gasteiger partial charge is 0.348 e. The second-order valence-electron chi connectivity index (χ2n) is 5.92. The topological polar surface area (TPSA) is 38.8 Å². The first-order valence-corrected chi connectivity index (χ1v) is 9.37. The standard InChI is InChI=1S/C17H22ClNO3S/c1-12(23-14-7-5-13(18)6-8-14)16(20)19-9-3-2-4-15(19)17-21-10-11-22-17/h5-8,12,15,17H,2-4,9-11H2,1H3. The molecule has 1 amide bonds. The summed E-state index contributed by atoms with van der Waals surface area (Å²) < 4.78 is 11.3. The van der Waals surface area contributed by atoms with Crippen LogP contribution in [0.5, 0.6) is 0 Å². The van der Waals surface area contributed by atoms with Crippen LogP contribution in [0, 0.1) is 0 Å². The third-order valence-electron chi connectivity index (χ3n) is 4.27. The number of thioether (sulfide) groups is 1. The molecule has 0 aliphatic carbocycles. The molecule has 4 nitrogen and oxygen atoms in total. The summed E-state index contributed by atoms with van der Waals surface area (Å²) in [5.41, 5.74) is 0. The summed E-state index contributed by atoms with van der Waals surface area (Å²) in [6.45, 7) is 4.00. The second kappa shape index (κ2) is 7.88. The quantitative estimate of drug-likeness (QED) is 0.774. The lowest BCUT2D eigenvalue weighted by Crippen LogP contribution is -2.52. The Balaban J connectivity index is 1.65. The van der Waals surface area contributed by atoms with Crippen molar-refractivity contribution in [2.75, 3.05) is 19.8 Å². The van der Waals surface area contributed by atoms with Crippen molar-refractivity contribution in [2.24, 2.45) is 0 Å². The van der Waals surface area contributed by atoms with Gasteiger partial charge in [0.2, 0.25) is 5.91 Å². The number of likely N-dealkylation sites (tertiary alicyclic amines) is 1. The number of halogens is 1. The van der Waals surface area contributed by atoms with Gasteiger partial charge >= 0.3 is 0 Å². The van der Waals surface area contributed by atoms with Crippen LogP contribution < -0.4 is 0 Å². The molecular weight excluding hydrogens is 334 g/mol. The number of hydrogen-bond donors (Lipinski definition) is 0. The van der Waals surface area contributed by atoms with E-state index >= 15 is 0 Å². The Hall–Kier alpha value is -0.750. The van der Waals surface area contributed by atoms with E-state index in [1.807, 2.05) is 36.1 Å². The highest BCUT2D eigenvalue weighted by Crippen LogP contribution is 2.30. The molecule has 1 aromatic carbocycles. The maximum absolute atomic E-state index is 12.9. The second-order valence-corrected chi connectivity index (χ2v) is 7.77. The van der Waals surface area contributed by atoms with Crippen molar-refractivity contribution >= 4 is 29.3 Å². The molecule has 0 aromatic heterocycles. The molecule has 23 heavy (non-hydrogen) atoms. The Labute approximate surface area is 146 Å². The summed E-state index contributed by atoms with van der Waals surface area (Å²) in [5.74, 6) is 0.161. The Bertz CT molecular complexity index is 533. The molecule has 6 heteroatoms. The van der Waals surface area contributed by atoms with E-state index < -0.39 is 0 Å². The SMILES string of the molecule is CC(Sc1ccc(Cl)cc1)C(=O)N1CCCCC1C1OCCO1. The zero-order valence-corrected chi connectivity index (χ0v) is 14.8. The van der Waals surface area contributed by atoms with Crippen LogP contribution in [-0.4, -0.2) is 48.1 Å². The molecule has 0 bridgehead atoms. The molecular formula is C17H22ClNO3S. The average Bonchev–Trinajstić information content (AvgIpc) is 3.10. The summed E-state index contributed by atoms with van der Waals surface area (Å²) in [7, 11) is 0. The summed E-state index contributed by atoms with van der Waals surface area (Å²) in [5, 5.41) is 0.568. The minimum atomic E-state index is -0.257. The lowest BCUT2D eigenvalue weighted by molar-refractivity contribution is -0.149. The summed E-state index contributed by atoms with van der Waals surface area (Å²) in [6.07, 6.45) is 2.87. The summed E-state index contributed by atoms with van der Waals surface area (Å²) >= 11 is 7.48. The third kappa shape index (κ3) is 4.21. The van der Waals surface area contributed by atoms with Crippen molar-refractivity contribution in [3.05, 3.63) is 29.3 Å². The molecule has 2 atom stereocenters. The molecule has 0 N–H and O–H groups in total. The van der Waals surface area contributed by atoms with Crippen molar-refractivity contribution in [1.82, 2.24) is 4.90 Å². The van der Waals surface area contributed by atoms with Gasteiger partial charge in [0.15, 0.2) is 6.29 Å². The molecule has 2 aliphatic rings. The van der Waals surface area contributed by atoms with Gasteiger partial charge in [-0.05, 0) is 50.5 Å². The van der Waals surface area contributed by atoms with E-state index in [0.29, 0.717) is 18.2 Å². The van der Waals surface area contributed by atoms with E-state index in [0.717, 1.165) is 30.7 Å². The van der Waals surface area contributed by atoms with E-state index in [4.69, 9.17) is 21.1 Å². The molecule has 2 fully saturated rings. The number of carbonyl (C=O) groups is 1. The number of amides is 1. The molecule has 2 heterocycles. The molecule has 0 spiro atoms. The maximum atomic E-state index is 12.9. The molecule has 2 aliphatic heterocycles. The van der Waals surface area contributed by atoms with Gasteiger partial charge in [-0.25, -0.2) is 0 Å². The van der Waals surface area contributed by atoms with Gasteiger partial charge in [0.25, 0.3) is 0 Å². The monoisotopic (exact) mass is 355 g/mol. The zero-order valence-electron chi connectivity index (χ0n) is 13.2. The smallest absolute Gasteiger partial charge is 0.236 e. The van der Waals surface area contributed by atoms with Crippen LogP contribution in [0.15, 0.2) is 29.2 Å². The van der Waals surface area contributed by atoms with E-state index in [1.165, 1.54) is 0 Å². The number of benzene rings is 1. The van der Waals surface area contributed by atoms with Crippen molar-refractivity contribution in [3.8, 4) is 0 Å². The van der Waals surface area contributed by atoms with Gasteiger partial charge in [-0.3, -0.25) is 4.79 Å². The van der Waals surface area contributed by atoms with Crippen LogP contribution in [0.4, 0.5) is 0 Å². The number of nitrogens with zero attached hydrogens (tertiary/aromatic N) is 1. The fraction of sp³-hybridized carbons (Fsp3) is 0.588. The van der Waals surface area contributed by atoms with Crippen LogP contribution in [-0.2, 0) is 14.3 Å². The van der Waals surface area contributed by atoms with Crippen molar-refractivity contribution in [3.63, 3.8) is 0 Å². The van der Waals surface area contributed by atoms with Crippen LogP contribution >= 0.6 is 23.4 Å². The van der Waals surface area contributed by atoms with E-state index in [2.05, 4.69) is 0 Å².